The van der Waals surface area contributed by atoms with Crippen LogP contribution in [0.25, 0.3) is 0 Å². The van der Waals surface area contributed by atoms with Crippen molar-refractivity contribution in [1.29, 1.82) is 0 Å². The van der Waals surface area contributed by atoms with Crippen molar-refractivity contribution in [3.8, 4) is 0 Å². The summed E-state index contributed by atoms with van der Waals surface area (Å²) >= 11 is 0. The first-order valence-electron chi connectivity index (χ1n) is 3.75. The van der Waals surface area contributed by atoms with Gasteiger partial charge in [-0.15, -0.1) is 0 Å². The van der Waals surface area contributed by atoms with E-state index in [2.05, 4.69) is 0 Å². The third kappa shape index (κ3) is 2.83. The number of sulfonamides is 1. The van der Waals surface area contributed by atoms with Gasteiger partial charge in [-0.1, -0.05) is 0 Å². The molecule has 1 heterocycles. The van der Waals surface area contributed by atoms with E-state index in [4.69, 9.17) is 14.7 Å². The molecule has 0 unspecified atom stereocenters. The second kappa shape index (κ2) is 3.91. The van der Waals surface area contributed by atoms with Crippen molar-refractivity contribution in [2.75, 3.05) is 6.61 Å². The van der Waals surface area contributed by atoms with Crippen molar-refractivity contribution in [3.05, 3.63) is 17.9 Å². The van der Waals surface area contributed by atoms with Crippen LogP contribution in [0.1, 0.15) is 12.0 Å². The van der Waals surface area contributed by atoms with Crippen LogP contribution in [0, 0.1) is 0 Å². The lowest BCUT2D eigenvalue weighted by Crippen LogP contribution is -2.10. The fraction of sp³-hybridized carbons (Fsp3) is 0.429. The monoisotopic (exact) mass is 205 g/mol. The van der Waals surface area contributed by atoms with Gasteiger partial charge in [0.15, 0.2) is 0 Å². The molecule has 0 aliphatic rings. The Kier molecular flexibility index (Phi) is 3.07. The second-order valence-electron chi connectivity index (χ2n) is 2.65. The van der Waals surface area contributed by atoms with Gasteiger partial charge in [0.2, 0.25) is 5.09 Å². The average Bonchev–Trinajstić information content (AvgIpc) is 2.47. The third-order valence-electron chi connectivity index (χ3n) is 1.53. The summed E-state index contributed by atoms with van der Waals surface area (Å²) in [6.45, 7) is 0.0654. The van der Waals surface area contributed by atoms with Crippen LogP contribution in [-0.2, 0) is 16.4 Å². The molecule has 6 heteroatoms. The highest BCUT2D eigenvalue weighted by Gasteiger charge is 2.12. The average molecular weight is 205 g/mol. The van der Waals surface area contributed by atoms with E-state index >= 15 is 0 Å². The molecule has 0 aliphatic carbocycles. The van der Waals surface area contributed by atoms with Crippen molar-refractivity contribution in [2.24, 2.45) is 5.14 Å². The number of primary sulfonamides is 1. The van der Waals surface area contributed by atoms with E-state index in [1.54, 1.807) is 0 Å². The fourth-order valence-electron chi connectivity index (χ4n) is 0.917. The van der Waals surface area contributed by atoms with Gasteiger partial charge in [-0.05, 0) is 18.4 Å². The molecule has 1 rings (SSSR count). The standard InChI is InChI=1S/C7H11NO4S/c8-13(10,11)7-4-6(5-12-7)2-1-3-9/h4-5,9H,1-3H2,(H2,8,10,11). The Labute approximate surface area is 76.2 Å². The summed E-state index contributed by atoms with van der Waals surface area (Å²) in [5, 5.41) is 13.1. The number of hydrogen-bond donors (Lipinski definition) is 2. The van der Waals surface area contributed by atoms with Gasteiger partial charge in [-0.25, -0.2) is 13.6 Å². The summed E-state index contributed by atoms with van der Waals surface area (Å²) in [6, 6.07) is 1.37. The molecular weight excluding hydrogens is 194 g/mol. The van der Waals surface area contributed by atoms with E-state index in [-0.39, 0.29) is 11.7 Å². The van der Waals surface area contributed by atoms with Crippen LogP contribution >= 0.6 is 0 Å². The highest BCUT2D eigenvalue weighted by Crippen LogP contribution is 2.13. The van der Waals surface area contributed by atoms with Gasteiger partial charge in [0.05, 0.1) is 6.26 Å². The summed E-state index contributed by atoms with van der Waals surface area (Å²) < 4.78 is 26.2. The lowest BCUT2D eigenvalue weighted by atomic mass is 10.2. The molecule has 0 spiro atoms. The maximum Gasteiger partial charge on any atom is 0.271 e. The van der Waals surface area contributed by atoms with E-state index in [9.17, 15) is 8.42 Å². The number of aliphatic hydroxyl groups excluding tert-OH is 1. The zero-order valence-electron chi connectivity index (χ0n) is 6.93. The topological polar surface area (TPSA) is 93.5 Å². The third-order valence-corrected chi connectivity index (χ3v) is 2.31. The quantitative estimate of drug-likeness (QED) is 0.714. The van der Waals surface area contributed by atoms with E-state index in [1.807, 2.05) is 0 Å². The summed E-state index contributed by atoms with van der Waals surface area (Å²) in [5.74, 6) is 0. The number of aliphatic hydroxyl groups is 1. The smallest absolute Gasteiger partial charge is 0.271 e. The fourth-order valence-corrected chi connectivity index (χ4v) is 1.41. The molecule has 1 aromatic rings. The van der Waals surface area contributed by atoms with E-state index in [0.29, 0.717) is 12.8 Å². The Morgan fingerprint density at radius 2 is 2.23 bits per heavy atom. The van der Waals surface area contributed by atoms with Crippen LogP contribution in [-0.4, -0.2) is 20.1 Å². The number of rotatable bonds is 4. The lowest BCUT2D eigenvalue weighted by molar-refractivity contribution is 0.288. The Morgan fingerprint density at radius 3 is 2.69 bits per heavy atom. The molecule has 13 heavy (non-hydrogen) atoms. The molecule has 0 atom stereocenters. The summed E-state index contributed by atoms with van der Waals surface area (Å²) in [7, 11) is -3.74. The lowest BCUT2D eigenvalue weighted by Gasteiger charge is -1.90. The molecule has 0 saturated carbocycles. The Balaban J connectivity index is 2.76. The number of nitrogens with two attached hydrogens (primary N) is 1. The zero-order chi connectivity index (χ0) is 9.90. The Bertz CT molecular complexity index is 368. The first-order valence-corrected chi connectivity index (χ1v) is 5.30. The first-order chi connectivity index (χ1) is 6.04. The van der Waals surface area contributed by atoms with Crippen molar-refractivity contribution in [2.45, 2.75) is 17.9 Å². The zero-order valence-corrected chi connectivity index (χ0v) is 7.75. The number of hydrogen-bond acceptors (Lipinski definition) is 4. The molecule has 74 valence electrons. The normalized spacial score (nSPS) is 11.8. The minimum absolute atomic E-state index is 0.0654. The molecule has 1 aromatic heterocycles. The van der Waals surface area contributed by atoms with Crippen LogP contribution in [0.2, 0.25) is 0 Å². The number of aryl methyl sites for hydroxylation is 1. The molecule has 0 bridgehead atoms. The largest absolute Gasteiger partial charge is 0.451 e. The van der Waals surface area contributed by atoms with Crippen LogP contribution in [0.4, 0.5) is 0 Å². The minimum atomic E-state index is -3.74. The maximum atomic E-state index is 10.8. The highest BCUT2D eigenvalue weighted by atomic mass is 32.2. The van der Waals surface area contributed by atoms with Crippen molar-refractivity contribution >= 4 is 10.0 Å². The molecule has 0 aliphatic heterocycles. The maximum absolute atomic E-state index is 10.8. The van der Waals surface area contributed by atoms with Crippen molar-refractivity contribution in [1.82, 2.24) is 0 Å². The number of furan rings is 1. The van der Waals surface area contributed by atoms with Gasteiger partial charge in [-0.3, -0.25) is 0 Å². The van der Waals surface area contributed by atoms with Gasteiger partial charge in [-0.2, -0.15) is 0 Å². The van der Waals surface area contributed by atoms with Gasteiger partial charge in [0, 0.05) is 12.7 Å². The summed E-state index contributed by atoms with van der Waals surface area (Å²) in [6.07, 6.45) is 2.48. The van der Waals surface area contributed by atoms with Crippen molar-refractivity contribution < 1.29 is 17.9 Å². The van der Waals surface area contributed by atoms with Gasteiger partial charge in [0.25, 0.3) is 10.0 Å². The molecule has 0 amide bonds. The summed E-state index contributed by atoms with van der Waals surface area (Å²) in [5.41, 5.74) is 0.720. The molecule has 3 N–H and O–H groups in total. The molecule has 0 saturated heterocycles. The second-order valence-corrected chi connectivity index (χ2v) is 4.14. The van der Waals surface area contributed by atoms with Crippen LogP contribution in [0.15, 0.2) is 21.8 Å². The van der Waals surface area contributed by atoms with Crippen LogP contribution in [0.3, 0.4) is 0 Å². The minimum Gasteiger partial charge on any atom is -0.451 e. The first kappa shape index (κ1) is 10.2. The van der Waals surface area contributed by atoms with E-state index in [1.165, 1.54) is 12.3 Å². The van der Waals surface area contributed by atoms with Crippen LogP contribution in [0.5, 0.6) is 0 Å². The Morgan fingerprint density at radius 1 is 1.54 bits per heavy atom. The van der Waals surface area contributed by atoms with Gasteiger partial charge >= 0.3 is 0 Å². The molecule has 0 fully saturated rings. The molecule has 0 radical (unpaired) electrons. The molecular formula is C7H11NO4S. The summed E-state index contributed by atoms with van der Waals surface area (Å²) in [4.78, 5) is 0. The van der Waals surface area contributed by atoms with Gasteiger partial charge < -0.3 is 9.52 Å². The Hall–Kier alpha value is -0.850. The van der Waals surface area contributed by atoms with Crippen LogP contribution < -0.4 is 5.14 Å². The van der Waals surface area contributed by atoms with E-state index < -0.39 is 10.0 Å². The van der Waals surface area contributed by atoms with Gasteiger partial charge in [0.1, 0.15) is 0 Å². The molecule has 0 aromatic carbocycles. The predicted octanol–water partition coefficient (Wildman–Crippen LogP) is -0.148. The molecule has 5 nitrogen and oxygen atoms in total. The predicted molar refractivity (Wildman–Crippen MR) is 45.5 cm³/mol. The van der Waals surface area contributed by atoms with E-state index in [0.717, 1.165) is 5.56 Å². The van der Waals surface area contributed by atoms with Crippen molar-refractivity contribution in [3.63, 3.8) is 0 Å². The highest BCUT2D eigenvalue weighted by molar-refractivity contribution is 7.89. The SMILES string of the molecule is NS(=O)(=O)c1cc(CCCO)co1.